The highest BCUT2D eigenvalue weighted by Crippen LogP contribution is 2.10. The van der Waals surface area contributed by atoms with Crippen LogP contribution in [0.25, 0.3) is 0 Å². The Labute approximate surface area is 74.9 Å². The van der Waals surface area contributed by atoms with Crippen LogP contribution >= 0.6 is 0 Å². The van der Waals surface area contributed by atoms with Crippen LogP contribution < -0.4 is 0 Å². The first-order chi connectivity index (χ1) is 5.86. The first-order valence-electron chi connectivity index (χ1n) is 4.57. The summed E-state index contributed by atoms with van der Waals surface area (Å²) in [6.07, 6.45) is 2.56. The van der Waals surface area contributed by atoms with Crippen molar-refractivity contribution < 1.29 is 4.74 Å². The van der Waals surface area contributed by atoms with Crippen LogP contribution in [0.1, 0.15) is 19.8 Å². The molecule has 1 aliphatic rings. The van der Waals surface area contributed by atoms with Gasteiger partial charge >= 0.3 is 0 Å². The standard InChI is InChI=1S/C10H17NO/c1-3-4-5-7-11-8-6-10(9-11)12-2/h10H,3,6-9H2,1-2H3/t10-/m0/s1. The SMILES string of the molecule is CCC#CCN1CC[C@H](OC)C1. The molecule has 0 saturated carbocycles. The molecule has 68 valence electrons. The predicted octanol–water partition coefficient (Wildman–Crippen LogP) is 1.12. The molecule has 1 fully saturated rings. The zero-order chi connectivity index (χ0) is 8.81. The van der Waals surface area contributed by atoms with E-state index >= 15 is 0 Å². The average Bonchev–Trinajstić information content (AvgIpc) is 2.53. The predicted molar refractivity (Wildman–Crippen MR) is 49.9 cm³/mol. The highest BCUT2D eigenvalue weighted by Gasteiger charge is 2.20. The Kier molecular flexibility index (Phi) is 4.13. The molecule has 0 unspecified atom stereocenters. The van der Waals surface area contributed by atoms with Gasteiger partial charge in [0.05, 0.1) is 12.6 Å². The maximum absolute atomic E-state index is 5.26. The molecule has 0 aliphatic carbocycles. The molecule has 1 heterocycles. The van der Waals surface area contributed by atoms with E-state index in [0.29, 0.717) is 6.10 Å². The van der Waals surface area contributed by atoms with Crippen molar-refractivity contribution in [3.63, 3.8) is 0 Å². The maximum atomic E-state index is 5.26. The highest BCUT2D eigenvalue weighted by atomic mass is 16.5. The van der Waals surface area contributed by atoms with Crippen LogP contribution in [-0.2, 0) is 4.74 Å². The van der Waals surface area contributed by atoms with E-state index in [9.17, 15) is 0 Å². The lowest BCUT2D eigenvalue weighted by atomic mass is 10.3. The van der Waals surface area contributed by atoms with E-state index in [1.54, 1.807) is 7.11 Å². The van der Waals surface area contributed by atoms with Crippen molar-refractivity contribution in [2.75, 3.05) is 26.7 Å². The van der Waals surface area contributed by atoms with Crippen LogP contribution in [0.2, 0.25) is 0 Å². The van der Waals surface area contributed by atoms with Gasteiger partial charge in [-0.2, -0.15) is 0 Å². The van der Waals surface area contributed by atoms with Crippen molar-refractivity contribution in [3.8, 4) is 11.8 Å². The quantitative estimate of drug-likeness (QED) is 0.571. The number of ether oxygens (including phenoxy) is 1. The second kappa shape index (κ2) is 5.18. The minimum atomic E-state index is 0.438. The fourth-order valence-corrected chi connectivity index (χ4v) is 1.43. The summed E-state index contributed by atoms with van der Waals surface area (Å²) in [6.45, 7) is 5.18. The van der Waals surface area contributed by atoms with Crippen molar-refractivity contribution in [2.45, 2.75) is 25.9 Å². The summed E-state index contributed by atoms with van der Waals surface area (Å²) in [5.41, 5.74) is 0. The molecule has 1 rings (SSSR count). The third kappa shape index (κ3) is 2.84. The molecule has 0 radical (unpaired) electrons. The topological polar surface area (TPSA) is 12.5 Å². The number of rotatable bonds is 2. The van der Waals surface area contributed by atoms with Gasteiger partial charge < -0.3 is 4.74 Å². The van der Waals surface area contributed by atoms with Crippen LogP contribution in [0.3, 0.4) is 0 Å². The van der Waals surface area contributed by atoms with Crippen molar-refractivity contribution in [1.82, 2.24) is 4.90 Å². The van der Waals surface area contributed by atoms with Gasteiger partial charge in [-0.25, -0.2) is 0 Å². The molecule has 0 aromatic rings. The lowest BCUT2D eigenvalue weighted by Gasteiger charge is -2.10. The summed E-state index contributed by atoms with van der Waals surface area (Å²) in [6, 6.07) is 0. The number of hydrogen-bond donors (Lipinski definition) is 0. The molecule has 1 aliphatic heterocycles. The Morgan fingerprint density at radius 2 is 2.33 bits per heavy atom. The van der Waals surface area contributed by atoms with Crippen LogP contribution in [0.15, 0.2) is 0 Å². The third-order valence-electron chi connectivity index (χ3n) is 2.17. The lowest BCUT2D eigenvalue weighted by Crippen LogP contribution is -2.23. The zero-order valence-corrected chi connectivity index (χ0v) is 7.97. The first kappa shape index (κ1) is 9.57. The fraction of sp³-hybridized carbons (Fsp3) is 0.800. The second-order valence-corrected chi connectivity index (χ2v) is 3.09. The molecule has 0 bridgehead atoms. The summed E-state index contributed by atoms with van der Waals surface area (Å²) in [7, 11) is 1.78. The molecular weight excluding hydrogens is 150 g/mol. The van der Waals surface area contributed by atoms with Crippen LogP contribution in [0.5, 0.6) is 0 Å². The Morgan fingerprint density at radius 1 is 1.50 bits per heavy atom. The minimum absolute atomic E-state index is 0.438. The van der Waals surface area contributed by atoms with Gasteiger partial charge in [-0.05, 0) is 6.42 Å². The molecule has 0 aromatic heterocycles. The highest BCUT2D eigenvalue weighted by molar-refractivity contribution is 5.01. The molecule has 1 saturated heterocycles. The molecule has 12 heavy (non-hydrogen) atoms. The van der Waals surface area contributed by atoms with Crippen molar-refractivity contribution in [1.29, 1.82) is 0 Å². The molecular formula is C10H17NO. The number of nitrogens with zero attached hydrogens (tertiary/aromatic N) is 1. The van der Waals surface area contributed by atoms with Crippen molar-refractivity contribution in [3.05, 3.63) is 0 Å². The van der Waals surface area contributed by atoms with E-state index in [-0.39, 0.29) is 0 Å². The zero-order valence-electron chi connectivity index (χ0n) is 7.97. The Hall–Kier alpha value is -0.520. The van der Waals surface area contributed by atoms with Crippen LogP contribution in [0, 0.1) is 11.8 Å². The Morgan fingerprint density at radius 3 is 2.92 bits per heavy atom. The van der Waals surface area contributed by atoms with Gasteiger partial charge in [-0.1, -0.05) is 12.8 Å². The Balaban J connectivity index is 2.19. The van der Waals surface area contributed by atoms with Crippen LogP contribution in [0.4, 0.5) is 0 Å². The smallest absolute Gasteiger partial charge is 0.0710 e. The lowest BCUT2D eigenvalue weighted by molar-refractivity contribution is 0.110. The second-order valence-electron chi connectivity index (χ2n) is 3.09. The molecule has 0 aromatic carbocycles. The molecule has 2 heteroatoms. The number of likely N-dealkylation sites (tertiary alicyclic amines) is 1. The van der Waals surface area contributed by atoms with Crippen molar-refractivity contribution >= 4 is 0 Å². The van der Waals surface area contributed by atoms with Gasteiger partial charge in [0.25, 0.3) is 0 Å². The molecule has 0 N–H and O–H groups in total. The van der Waals surface area contributed by atoms with E-state index in [0.717, 1.165) is 32.5 Å². The molecule has 0 amide bonds. The van der Waals surface area contributed by atoms with E-state index < -0.39 is 0 Å². The maximum Gasteiger partial charge on any atom is 0.0710 e. The molecule has 1 atom stereocenters. The average molecular weight is 167 g/mol. The normalized spacial score (nSPS) is 23.7. The van der Waals surface area contributed by atoms with E-state index in [1.165, 1.54) is 0 Å². The van der Waals surface area contributed by atoms with E-state index in [2.05, 4.69) is 23.7 Å². The number of methoxy groups -OCH3 is 1. The summed E-state index contributed by atoms with van der Waals surface area (Å²) in [5.74, 6) is 6.22. The van der Waals surface area contributed by atoms with E-state index in [4.69, 9.17) is 4.74 Å². The summed E-state index contributed by atoms with van der Waals surface area (Å²) >= 11 is 0. The number of hydrogen-bond acceptors (Lipinski definition) is 2. The molecule has 0 spiro atoms. The fourth-order valence-electron chi connectivity index (χ4n) is 1.43. The minimum Gasteiger partial charge on any atom is -0.380 e. The molecule has 2 nitrogen and oxygen atoms in total. The third-order valence-corrected chi connectivity index (χ3v) is 2.17. The van der Waals surface area contributed by atoms with E-state index in [1.807, 2.05) is 0 Å². The largest absolute Gasteiger partial charge is 0.380 e. The van der Waals surface area contributed by atoms with Gasteiger partial charge in [-0.3, -0.25) is 4.90 Å². The van der Waals surface area contributed by atoms with Crippen molar-refractivity contribution in [2.24, 2.45) is 0 Å². The van der Waals surface area contributed by atoms with Gasteiger partial charge in [-0.15, -0.1) is 5.92 Å². The van der Waals surface area contributed by atoms with Gasteiger partial charge in [0, 0.05) is 26.6 Å². The van der Waals surface area contributed by atoms with Gasteiger partial charge in [0.2, 0.25) is 0 Å². The Bertz CT molecular complexity index is 180. The van der Waals surface area contributed by atoms with Crippen LogP contribution in [-0.4, -0.2) is 37.7 Å². The summed E-state index contributed by atoms with van der Waals surface area (Å²) in [4.78, 5) is 2.34. The first-order valence-corrected chi connectivity index (χ1v) is 4.57. The van der Waals surface area contributed by atoms with Gasteiger partial charge in [0.1, 0.15) is 0 Å². The monoisotopic (exact) mass is 167 g/mol. The van der Waals surface area contributed by atoms with Gasteiger partial charge in [0.15, 0.2) is 0 Å². The summed E-state index contributed by atoms with van der Waals surface area (Å²) < 4.78 is 5.26. The summed E-state index contributed by atoms with van der Waals surface area (Å²) in [5, 5.41) is 0.